The molecule has 0 fully saturated rings. The van der Waals surface area contributed by atoms with Gasteiger partial charge in [0.15, 0.2) is 0 Å². The molecule has 4 heteroatoms. The monoisotopic (exact) mass is 254 g/mol. The third-order valence-electron chi connectivity index (χ3n) is 2.85. The molecule has 0 aromatic rings. The molecular formula is C14H26N2O2. The van der Waals surface area contributed by atoms with E-state index < -0.39 is 0 Å². The highest BCUT2D eigenvalue weighted by Crippen LogP contribution is 2.04. The number of rotatable bonds is 11. The molecule has 0 spiro atoms. The molecule has 0 radical (unpaired) electrons. The van der Waals surface area contributed by atoms with E-state index in [1.807, 2.05) is 6.07 Å². The van der Waals surface area contributed by atoms with Crippen LogP contribution in [0.25, 0.3) is 0 Å². The summed E-state index contributed by atoms with van der Waals surface area (Å²) in [6.07, 6.45) is 7.71. The van der Waals surface area contributed by atoms with E-state index in [4.69, 9.17) is 10.00 Å². The molecule has 0 N–H and O–H groups in total. The van der Waals surface area contributed by atoms with Crippen molar-refractivity contribution in [1.29, 1.82) is 5.26 Å². The van der Waals surface area contributed by atoms with Gasteiger partial charge in [-0.1, -0.05) is 39.0 Å². The van der Waals surface area contributed by atoms with Gasteiger partial charge in [0.25, 0.3) is 0 Å². The molecule has 0 aliphatic carbocycles. The topological polar surface area (TPSA) is 53.3 Å². The van der Waals surface area contributed by atoms with Gasteiger partial charge in [0.2, 0.25) is 5.91 Å². The normalized spacial score (nSPS) is 10.1. The Kier molecular flexibility index (Phi) is 11.6. The predicted octanol–water partition coefficient (Wildman–Crippen LogP) is 2.74. The maximum Gasteiger partial charge on any atom is 0.248 e. The molecule has 1 amide bonds. The van der Waals surface area contributed by atoms with Gasteiger partial charge in [-0.25, -0.2) is 0 Å². The molecule has 0 unspecified atom stereocenters. The third kappa shape index (κ3) is 10.1. The molecule has 0 aromatic carbocycles. The summed E-state index contributed by atoms with van der Waals surface area (Å²) >= 11 is 0. The minimum atomic E-state index is -0.0452. The Balaban J connectivity index is 3.32. The molecule has 0 heterocycles. The third-order valence-corrected chi connectivity index (χ3v) is 2.85. The fraction of sp³-hybridized carbons (Fsp3) is 0.857. The average molecular weight is 254 g/mol. The SMILES string of the molecule is CCCCCCCCOCC(=O)N(C)CCC#N. The average Bonchev–Trinajstić information content (AvgIpc) is 2.38. The van der Waals surface area contributed by atoms with Crippen molar-refractivity contribution in [2.45, 2.75) is 51.9 Å². The number of amides is 1. The molecule has 104 valence electrons. The molecule has 18 heavy (non-hydrogen) atoms. The van der Waals surface area contributed by atoms with E-state index in [1.165, 1.54) is 32.1 Å². The number of likely N-dealkylation sites (N-methyl/N-ethyl adjacent to an activating group) is 1. The Bertz CT molecular complexity index is 249. The second-order valence-electron chi connectivity index (χ2n) is 4.54. The van der Waals surface area contributed by atoms with Gasteiger partial charge in [0, 0.05) is 20.2 Å². The minimum absolute atomic E-state index is 0.0452. The minimum Gasteiger partial charge on any atom is -0.372 e. The maximum absolute atomic E-state index is 11.5. The number of carbonyl (C=O) groups is 1. The molecule has 0 saturated carbocycles. The van der Waals surface area contributed by atoms with Crippen LogP contribution in [-0.4, -0.2) is 37.6 Å². The lowest BCUT2D eigenvalue weighted by atomic mass is 10.1. The maximum atomic E-state index is 11.5. The molecule has 0 rings (SSSR count). The van der Waals surface area contributed by atoms with Crippen molar-refractivity contribution in [3.63, 3.8) is 0 Å². The number of hydrogen-bond acceptors (Lipinski definition) is 3. The number of ether oxygens (including phenoxy) is 1. The summed E-state index contributed by atoms with van der Waals surface area (Å²) < 4.78 is 5.33. The molecule has 0 aromatic heterocycles. The molecule has 0 saturated heterocycles. The van der Waals surface area contributed by atoms with Gasteiger partial charge in [0.1, 0.15) is 6.61 Å². The molecule has 0 atom stereocenters. The van der Waals surface area contributed by atoms with E-state index in [2.05, 4.69) is 6.92 Å². The van der Waals surface area contributed by atoms with Gasteiger partial charge in [-0.15, -0.1) is 0 Å². The molecule has 0 aliphatic rings. The van der Waals surface area contributed by atoms with Crippen LogP contribution in [0.1, 0.15) is 51.9 Å². The summed E-state index contributed by atoms with van der Waals surface area (Å²) in [5, 5.41) is 8.41. The summed E-state index contributed by atoms with van der Waals surface area (Å²) in [5.74, 6) is -0.0452. The van der Waals surface area contributed by atoms with Crippen LogP contribution in [-0.2, 0) is 9.53 Å². The Morgan fingerprint density at radius 2 is 1.89 bits per heavy atom. The second kappa shape index (κ2) is 12.4. The summed E-state index contributed by atoms with van der Waals surface area (Å²) in [6.45, 7) is 3.48. The van der Waals surface area contributed by atoms with Gasteiger partial charge in [-0.2, -0.15) is 5.26 Å². The smallest absolute Gasteiger partial charge is 0.248 e. The quantitative estimate of drug-likeness (QED) is 0.533. The lowest BCUT2D eigenvalue weighted by Gasteiger charge is -2.15. The molecule has 0 aliphatic heterocycles. The molecule has 4 nitrogen and oxygen atoms in total. The van der Waals surface area contributed by atoms with Crippen molar-refractivity contribution in [3.8, 4) is 6.07 Å². The van der Waals surface area contributed by atoms with Crippen LogP contribution in [0, 0.1) is 11.3 Å². The van der Waals surface area contributed by atoms with Crippen LogP contribution in [0.15, 0.2) is 0 Å². The standard InChI is InChI=1S/C14H26N2O2/c1-3-4-5-6-7-8-12-18-13-14(17)16(2)11-9-10-15/h3-9,11-13H2,1-2H3. The first kappa shape index (κ1) is 16.9. The summed E-state index contributed by atoms with van der Waals surface area (Å²) in [7, 11) is 1.70. The highest BCUT2D eigenvalue weighted by atomic mass is 16.5. The first-order valence-electron chi connectivity index (χ1n) is 6.91. The number of nitrogens with zero attached hydrogens (tertiary/aromatic N) is 2. The van der Waals surface area contributed by atoms with Crippen molar-refractivity contribution in [3.05, 3.63) is 0 Å². The van der Waals surface area contributed by atoms with Crippen molar-refractivity contribution in [2.75, 3.05) is 26.8 Å². The lowest BCUT2D eigenvalue weighted by molar-refractivity contribution is -0.134. The Labute approximate surface area is 111 Å². The first-order valence-corrected chi connectivity index (χ1v) is 6.91. The van der Waals surface area contributed by atoms with Crippen molar-refractivity contribution in [2.24, 2.45) is 0 Å². The van der Waals surface area contributed by atoms with Gasteiger partial charge < -0.3 is 9.64 Å². The highest BCUT2D eigenvalue weighted by molar-refractivity contribution is 5.77. The van der Waals surface area contributed by atoms with Crippen LogP contribution >= 0.6 is 0 Å². The summed E-state index contributed by atoms with van der Waals surface area (Å²) in [6, 6.07) is 2.02. The van der Waals surface area contributed by atoms with Gasteiger partial charge in [0.05, 0.1) is 12.5 Å². The number of nitriles is 1. The van der Waals surface area contributed by atoms with E-state index >= 15 is 0 Å². The summed E-state index contributed by atoms with van der Waals surface area (Å²) in [4.78, 5) is 13.1. The van der Waals surface area contributed by atoms with Crippen LogP contribution in [0.3, 0.4) is 0 Å². The van der Waals surface area contributed by atoms with Crippen LogP contribution in [0.5, 0.6) is 0 Å². The van der Waals surface area contributed by atoms with Crippen molar-refractivity contribution < 1.29 is 9.53 Å². The van der Waals surface area contributed by atoms with Crippen molar-refractivity contribution >= 4 is 5.91 Å². The van der Waals surface area contributed by atoms with Gasteiger partial charge >= 0.3 is 0 Å². The first-order chi connectivity index (χ1) is 8.72. The van der Waals surface area contributed by atoms with E-state index in [0.717, 1.165) is 6.42 Å². The van der Waals surface area contributed by atoms with E-state index in [0.29, 0.717) is 19.6 Å². The molecular weight excluding hydrogens is 228 g/mol. The Morgan fingerprint density at radius 1 is 1.22 bits per heavy atom. The largest absolute Gasteiger partial charge is 0.372 e. The van der Waals surface area contributed by atoms with E-state index in [9.17, 15) is 4.79 Å². The summed E-state index contributed by atoms with van der Waals surface area (Å²) in [5.41, 5.74) is 0. The second-order valence-corrected chi connectivity index (χ2v) is 4.54. The van der Waals surface area contributed by atoms with E-state index in [-0.39, 0.29) is 12.5 Å². The lowest BCUT2D eigenvalue weighted by Crippen LogP contribution is -2.31. The van der Waals surface area contributed by atoms with Crippen molar-refractivity contribution in [1.82, 2.24) is 4.90 Å². The van der Waals surface area contributed by atoms with Crippen LogP contribution < -0.4 is 0 Å². The zero-order chi connectivity index (χ0) is 13.6. The van der Waals surface area contributed by atoms with Crippen LogP contribution in [0.4, 0.5) is 0 Å². The van der Waals surface area contributed by atoms with Gasteiger partial charge in [-0.05, 0) is 6.42 Å². The fourth-order valence-electron chi connectivity index (χ4n) is 1.60. The van der Waals surface area contributed by atoms with E-state index in [1.54, 1.807) is 11.9 Å². The fourth-order valence-corrected chi connectivity index (χ4v) is 1.60. The highest BCUT2D eigenvalue weighted by Gasteiger charge is 2.07. The molecule has 0 bridgehead atoms. The number of hydrogen-bond donors (Lipinski definition) is 0. The Morgan fingerprint density at radius 3 is 2.56 bits per heavy atom. The van der Waals surface area contributed by atoms with Gasteiger partial charge in [-0.3, -0.25) is 4.79 Å². The van der Waals surface area contributed by atoms with Crippen LogP contribution in [0.2, 0.25) is 0 Å². The number of carbonyl (C=O) groups excluding carboxylic acids is 1. The predicted molar refractivity (Wildman–Crippen MR) is 72.1 cm³/mol. The zero-order valence-corrected chi connectivity index (χ0v) is 11.8. The zero-order valence-electron chi connectivity index (χ0n) is 11.8. The number of unbranched alkanes of at least 4 members (excludes halogenated alkanes) is 5. The Hall–Kier alpha value is -1.08.